The van der Waals surface area contributed by atoms with Gasteiger partial charge in [0, 0.05) is 24.6 Å². The van der Waals surface area contributed by atoms with Crippen LogP contribution in [0.4, 0.5) is 0 Å². The number of amides is 1. The second-order valence-corrected chi connectivity index (χ2v) is 7.04. The Balaban J connectivity index is 1.75. The van der Waals surface area contributed by atoms with Gasteiger partial charge in [0.05, 0.1) is 12.1 Å². The van der Waals surface area contributed by atoms with Crippen LogP contribution in [-0.2, 0) is 17.9 Å². The Hall–Kier alpha value is -3.29. The van der Waals surface area contributed by atoms with Crippen molar-refractivity contribution in [2.75, 3.05) is 0 Å². The van der Waals surface area contributed by atoms with E-state index in [0.717, 1.165) is 35.8 Å². The quantitative estimate of drug-likeness (QED) is 0.715. The van der Waals surface area contributed by atoms with Gasteiger partial charge in [-0.15, -0.1) is 0 Å². The summed E-state index contributed by atoms with van der Waals surface area (Å²) in [5.74, 6) is -0.228. The highest BCUT2D eigenvalue weighted by atomic mass is 16.2. The summed E-state index contributed by atoms with van der Waals surface area (Å²) in [7, 11) is 0. The van der Waals surface area contributed by atoms with Gasteiger partial charge in [-0.05, 0) is 42.7 Å². The predicted molar refractivity (Wildman–Crippen MR) is 104 cm³/mol. The molecule has 1 fully saturated rings. The number of carbonyl (C=O) groups is 1. The lowest BCUT2D eigenvalue weighted by atomic mass is 10.2. The zero-order valence-corrected chi connectivity index (χ0v) is 15.4. The van der Waals surface area contributed by atoms with Gasteiger partial charge in [-0.1, -0.05) is 12.8 Å². The molecule has 0 atom stereocenters. The van der Waals surface area contributed by atoms with Crippen molar-refractivity contribution in [1.29, 1.82) is 0 Å². The molecule has 8 nitrogen and oxygen atoms in total. The molecule has 0 bridgehead atoms. The van der Waals surface area contributed by atoms with Crippen LogP contribution in [0.5, 0.6) is 0 Å². The van der Waals surface area contributed by atoms with E-state index in [2.05, 4.69) is 15.3 Å². The molecule has 3 heterocycles. The molecule has 0 radical (unpaired) electrons. The van der Waals surface area contributed by atoms with Crippen molar-refractivity contribution >= 4 is 16.9 Å². The average Bonchev–Trinajstić information content (AvgIpc) is 3.22. The minimum absolute atomic E-state index is 0.0942. The predicted octanol–water partition coefficient (Wildman–Crippen LogP) is 1.06. The molecule has 4 rings (SSSR count). The van der Waals surface area contributed by atoms with Crippen LogP contribution in [0.1, 0.15) is 31.2 Å². The summed E-state index contributed by atoms with van der Waals surface area (Å²) < 4.78 is 2.45. The van der Waals surface area contributed by atoms with E-state index in [4.69, 9.17) is 0 Å². The Morgan fingerprint density at radius 2 is 1.82 bits per heavy atom. The Labute approximate surface area is 160 Å². The molecule has 0 unspecified atom stereocenters. The number of hydrogen-bond acceptors (Lipinski definition) is 5. The highest BCUT2D eigenvalue weighted by Gasteiger charge is 2.20. The third-order valence-corrected chi connectivity index (χ3v) is 5.10. The average molecular weight is 379 g/mol. The van der Waals surface area contributed by atoms with Crippen molar-refractivity contribution in [3.05, 3.63) is 69.3 Å². The van der Waals surface area contributed by atoms with Crippen LogP contribution in [-0.4, -0.2) is 31.1 Å². The van der Waals surface area contributed by atoms with E-state index in [1.54, 1.807) is 36.7 Å². The second-order valence-electron chi connectivity index (χ2n) is 7.04. The van der Waals surface area contributed by atoms with Crippen molar-refractivity contribution in [1.82, 2.24) is 24.4 Å². The van der Waals surface area contributed by atoms with Gasteiger partial charge in [-0.2, -0.15) is 0 Å². The van der Waals surface area contributed by atoms with Gasteiger partial charge in [0.25, 0.3) is 5.56 Å². The number of carbonyl (C=O) groups excluding carboxylic acids is 1. The topological polar surface area (TPSA) is 98.9 Å². The fourth-order valence-electron chi connectivity index (χ4n) is 3.69. The molecule has 3 aromatic rings. The van der Waals surface area contributed by atoms with Crippen LogP contribution in [0.25, 0.3) is 11.0 Å². The van der Waals surface area contributed by atoms with E-state index >= 15 is 0 Å². The minimum atomic E-state index is -0.524. The molecule has 3 aromatic heterocycles. The molecule has 144 valence electrons. The molecule has 0 saturated heterocycles. The van der Waals surface area contributed by atoms with Gasteiger partial charge in [0.1, 0.15) is 6.54 Å². The maximum atomic E-state index is 13.1. The van der Waals surface area contributed by atoms with E-state index in [1.165, 1.54) is 10.8 Å². The number of hydrogen-bond donors (Lipinski definition) is 1. The number of rotatable bonds is 5. The standard InChI is InChI=1S/C20H21N5O3/c26-17(23-15-4-1-2-5-15)13-24-16-6-3-9-22-18(16)19(27)25(20(24)28)12-14-7-10-21-11-8-14/h3,6-11,15H,1-2,4-5,12-13H2,(H,23,26). The number of pyridine rings is 2. The maximum absolute atomic E-state index is 13.1. The highest BCUT2D eigenvalue weighted by Crippen LogP contribution is 2.17. The van der Waals surface area contributed by atoms with Crippen LogP contribution < -0.4 is 16.6 Å². The number of aromatic nitrogens is 4. The SMILES string of the molecule is O=C(Cn1c(=O)n(Cc2ccncc2)c(=O)c2ncccc21)NC1CCCC1. The lowest BCUT2D eigenvalue weighted by Gasteiger charge is -2.16. The Morgan fingerprint density at radius 3 is 2.57 bits per heavy atom. The summed E-state index contributed by atoms with van der Waals surface area (Å²) in [6, 6.07) is 6.94. The van der Waals surface area contributed by atoms with Crippen LogP contribution >= 0.6 is 0 Å². The molecule has 1 aliphatic rings. The number of fused-ring (bicyclic) bond motifs is 1. The first-order valence-corrected chi connectivity index (χ1v) is 9.40. The molecule has 0 aromatic carbocycles. The van der Waals surface area contributed by atoms with E-state index in [0.29, 0.717) is 5.52 Å². The van der Waals surface area contributed by atoms with Crippen molar-refractivity contribution in [2.24, 2.45) is 0 Å². The van der Waals surface area contributed by atoms with E-state index < -0.39 is 11.2 Å². The van der Waals surface area contributed by atoms with E-state index in [9.17, 15) is 14.4 Å². The van der Waals surface area contributed by atoms with Crippen LogP contribution in [0, 0.1) is 0 Å². The van der Waals surface area contributed by atoms with Crippen LogP contribution in [0.2, 0.25) is 0 Å². The highest BCUT2D eigenvalue weighted by molar-refractivity contribution is 5.79. The van der Waals surface area contributed by atoms with Gasteiger partial charge in [0.2, 0.25) is 5.91 Å². The monoisotopic (exact) mass is 379 g/mol. The summed E-state index contributed by atoms with van der Waals surface area (Å²) in [6.45, 7) is -0.0505. The van der Waals surface area contributed by atoms with Gasteiger partial charge < -0.3 is 5.32 Å². The zero-order valence-electron chi connectivity index (χ0n) is 15.4. The molecular formula is C20H21N5O3. The lowest BCUT2D eigenvalue weighted by molar-refractivity contribution is -0.122. The smallest absolute Gasteiger partial charge is 0.332 e. The van der Waals surface area contributed by atoms with Gasteiger partial charge in [-0.3, -0.25) is 23.7 Å². The zero-order chi connectivity index (χ0) is 19.5. The lowest BCUT2D eigenvalue weighted by Crippen LogP contribution is -2.44. The summed E-state index contributed by atoms with van der Waals surface area (Å²) in [6.07, 6.45) is 8.85. The van der Waals surface area contributed by atoms with Gasteiger partial charge in [-0.25, -0.2) is 9.78 Å². The van der Waals surface area contributed by atoms with Crippen LogP contribution in [0.3, 0.4) is 0 Å². The van der Waals surface area contributed by atoms with E-state index in [-0.39, 0.29) is 30.6 Å². The maximum Gasteiger partial charge on any atom is 0.332 e. The van der Waals surface area contributed by atoms with E-state index in [1.807, 2.05) is 0 Å². The molecule has 1 N–H and O–H groups in total. The van der Waals surface area contributed by atoms with Crippen LogP contribution in [0.15, 0.2) is 52.4 Å². The normalized spacial score (nSPS) is 14.4. The third kappa shape index (κ3) is 3.58. The molecule has 1 amide bonds. The molecular weight excluding hydrogens is 358 g/mol. The van der Waals surface area contributed by atoms with Crippen molar-refractivity contribution < 1.29 is 4.79 Å². The van der Waals surface area contributed by atoms with Gasteiger partial charge in [0.15, 0.2) is 5.52 Å². The third-order valence-electron chi connectivity index (χ3n) is 5.10. The molecule has 8 heteroatoms. The first-order chi connectivity index (χ1) is 13.6. The summed E-state index contributed by atoms with van der Waals surface area (Å²) in [5, 5.41) is 2.99. The first-order valence-electron chi connectivity index (χ1n) is 9.40. The Kier molecular flexibility index (Phi) is 5.01. The Morgan fingerprint density at radius 1 is 1.07 bits per heavy atom. The largest absolute Gasteiger partial charge is 0.352 e. The molecule has 0 aliphatic heterocycles. The fourth-order valence-corrected chi connectivity index (χ4v) is 3.69. The molecule has 1 aliphatic carbocycles. The second kappa shape index (κ2) is 7.75. The fraction of sp³-hybridized carbons (Fsp3) is 0.350. The number of nitrogens with zero attached hydrogens (tertiary/aromatic N) is 4. The number of nitrogens with one attached hydrogen (secondary N) is 1. The first kappa shape index (κ1) is 18.1. The van der Waals surface area contributed by atoms with Crippen molar-refractivity contribution in [3.8, 4) is 0 Å². The minimum Gasteiger partial charge on any atom is -0.352 e. The van der Waals surface area contributed by atoms with Crippen molar-refractivity contribution in [2.45, 2.75) is 44.8 Å². The molecule has 0 spiro atoms. The Bertz CT molecular complexity index is 1110. The summed E-state index contributed by atoms with van der Waals surface area (Å²) in [5.41, 5.74) is 0.315. The summed E-state index contributed by atoms with van der Waals surface area (Å²) in [4.78, 5) is 46.6. The summed E-state index contributed by atoms with van der Waals surface area (Å²) >= 11 is 0. The van der Waals surface area contributed by atoms with Crippen molar-refractivity contribution in [3.63, 3.8) is 0 Å². The molecule has 1 saturated carbocycles. The van der Waals surface area contributed by atoms with Gasteiger partial charge >= 0.3 is 5.69 Å². The molecule has 28 heavy (non-hydrogen) atoms.